The molecule has 1 saturated heterocycles. The zero-order valence-corrected chi connectivity index (χ0v) is 57.3. The first kappa shape index (κ1) is 72.6. The van der Waals surface area contributed by atoms with Crippen LogP contribution in [0, 0.1) is 0 Å². The molecule has 0 amide bonds. The van der Waals surface area contributed by atoms with Crippen molar-refractivity contribution in [2.24, 2.45) is 5.16 Å². The molecule has 0 saturated carbocycles. The van der Waals surface area contributed by atoms with Crippen LogP contribution in [0.4, 0.5) is 0 Å². The molecule has 0 aliphatic carbocycles. The van der Waals surface area contributed by atoms with Crippen molar-refractivity contribution >= 4 is 42.0 Å². The minimum Gasteiger partial charge on any atom is -0.459 e. The Kier molecular flexibility index (Phi) is 24.4. The number of carbonyl (C=O) groups is 6. The van der Waals surface area contributed by atoms with Crippen molar-refractivity contribution in [3.05, 3.63) is 361 Å². The Balaban J connectivity index is 0.000000199. The molecule has 17 heteroatoms. The second-order valence-electron chi connectivity index (χ2n) is 24.4. The fourth-order valence-corrected chi connectivity index (χ4v) is 11.7. The molecule has 1 heterocycles. The highest BCUT2D eigenvalue weighted by atomic mass is 16.7. The molecular weight excluding hydrogens is 1340 g/mol. The Morgan fingerprint density at radius 2 is 0.613 bits per heavy atom. The van der Waals surface area contributed by atoms with Gasteiger partial charge in [0.25, 0.3) is 0 Å². The van der Waals surface area contributed by atoms with Gasteiger partial charge in [0, 0.05) is 0 Å². The fraction of sp³-hybridized carbons (Fsp3) is 0.112. The van der Waals surface area contributed by atoms with Crippen molar-refractivity contribution in [3.8, 4) is 66.8 Å². The van der Waals surface area contributed by atoms with Crippen LogP contribution in [0.2, 0.25) is 0 Å². The van der Waals surface area contributed by atoms with Gasteiger partial charge in [0.05, 0.1) is 39.6 Å². The van der Waals surface area contributed by atoms with Gasteiger partial charge in [0.2, 0.25) is 0 Å². The first-order valence-electron chi connectivity index (χ1n) is 34.0. The van der Waals surface area contributed by atoms with E-state index in [1.165, 1.54) is 7.11 Å². The van der Waals surface area contributed by atoms with Crippen LogP contribution in [-0.2, 0) is 38.0 Å². The van der Waals surface area contributed by atoms with Crippen LogP contribution in [0.3, 0.4) is 0 Å². The van der Waals surface area contributed by atoms with Crippen LogP contribution in [0.25, 0.3) is 66.8 Å². The molecule has 1 aliphatic rings. The summed E-state index contributed by atoms with van der Waals surface area (Å²) in [5.41, 5.74) is 12.7. The van der Waals surface area contributed by atoms with Gasteiger partial charge in [-0.2, -0.15) is 0 Å². The van der Waals surface area contributed by atoms with E-state index >= 15 is 0 Å². The summed E-state index contributed by atoms with van der Waals surface area (Å²) >= 11 is 0. The van der Waals surface area contributed by atoms with Gasteiger partial charge in [-0.15, -0.1) is 0 Å². The smallest absolute Gasteiger partial charge is 0.338 e. The topological polar surface area (TPSA) is 229 Å². The Hall–Kier alpha value is -13.2. The summed E-state index contributed by atoms with van der Waals surface area (Å²) in [5, 5.41) is 26.2. The summed E-state index contributed by atoms with van der Waals surface area (Å²) in [6.07, 6.45) is -9.14. The molecule has 13 rings (SSSR count). The van der Waals surface area contributed by atoms with Gasteiger partial charge in [-0.05, 0) is 140 Å². The van der Waals surface area contributed by atoms with Gasteiger partial charge < -0.3 is 48.2 Å². The lowest BCUT2D eigenvalue weighted by atomic mass is 10.0. The number of benzene rings is 12. The summed E-state index contributed by atoms with van der Waals surface area (Å²) in [7, 11) is 1.29. The van der Waals surface area contributed by atoms with Gasteiger partial charge in [0.15, 0.2) is 30.7 Å². The number of hydrogen-bond acceptors (Lipinski definition) is 17. The zero-order chi connectivity index (χ0) is 73.6. The summed E-state index contributed by atoms with van der Waals surface area (Å²) < 4.78 is 39.9. The van der Waals surface area contributed by atoms with E-state index in [1.54, 1.807) is 133 Å². The van der Waals surface area contributed by atoms with Crippen LogP contribution >= 0.6 is 0 Å². The summed E-state index contributed by atoms with van der Waals surface area (Å²) in [4.78, 5) is 84.9. The van der Waals surface area contributed by atoms with E-state index in [2.05, 4.69) is 5.16 Å². The van der Waals surface area contributed by atoms with Crippen molar-refractivity contribution in [3.63, 3.8) is 0 Å². The normalized spacial score (nSPS) is 15.2. The molecule has 7 atom stereocenters. The van der Waals surface area contributed by atoms with Crippen LogP contribution in [0.5, 0.6) is 0 Å². The number of oxime groups is 1. The lowest BCUT2D eigenvalue weighted by Crippen LogP contribution is -2.46. The molecule has 0 bridgehead atoms. The van der Waals surface area contributed by atoms with Crippen molar-refractivity contribution in [2.45, 2.75) is 42.9 Å². The summed E-state index contributed by atoms with van der Waals surface area (Å²) in [5.74, 6) is -4.44. The molecule has 0 spiro atoms. The Morgan fingerprint density at radius 3 is 0.925 bits per heavy atom. The van der Waals surface area contributed by atoms with E-state index in [9.17, 15) is 39.0 Å². The average molecular weight is 1410 g/mol. The van der Waals surface area contributed by atoms with Gasteiger partial charge in [0.1, 0.15) is 32.5 Å². The van der Waals surface area contributed by atoms with Crippen molar-refractivity contribution in [1.29, 1.82) is 0 Å². The molecule has 1 unspecified atom stereocenters. The highest BCUT2D eigenvalue weighted by Gasteiger charge is 2.50. The SMILES string of the molecule is CO/N=C/[C@H](OC(=O)c1ccc(-c2ccccc2)cc1)[C@@H](OC(=O)c1ccc(-c2ccccc2)cc1)[C@@H](O)COC(=O)c1ccc(-c2ccccc2)cc1.O=C(OC[C@@H]1OC(O)[C@H](OC(=O)c2ccc(-c3ccccc3)cc2)[C@H]1OC(=O)c1ccc(-c2ccccc2)cc1)c1ccc(-c2ccccc2)cc1. The van der Waals surface area contributed by atoms with Crippen molar-refractivity contribution in [1.82, 2.24) is 0 Å². The zero-order valence-electron chi connectivity index (χ0n) is 57.3. The molecule has 1 aliphatic heterocycles. The standard InChI is InChI=1S/C45H37NO8.C44H34O8/c1-51-46-29-41(53-44(49)38-25-19-35(20-26-38)32-13-7-3-8-14-32)42(54-45(50)39-27-21-36(22-28-39)33-15-9-4-10-16-33)40(47)30-52-43(48)37-23-17-34(18-24-37)31-11-5-2-6-12-31;45-41(35-22-16-32(17-23-35)29-10-4-1-5-11-29)49-28-38-39(51-42(46)36-24-18-33(19-25-36)30-12-6-2-7-13-30)40(44(48)50-38)52-43(47)37-26-20-34(21-27-37)31-14-8-3-9-15-31/h2-29,40-42,47H,30H2,1H3;1-27,38-40,44,48H,28H2/b46-29+;/t40-,41-,42-;38-,39-,40+,44?/m00/s1. The largest absolute Gasteiger partial charge is 0.459 e. The maximum Gasteiger partial charge on any atom is 0.338 e. The van der Waals surface area contributed by atoms with Gasteiger partial charge in [-0.25, -0.2) is 28.8 Å². The minimum absolute atomic E-state index is 0.174. The van der Waals surface area contributed by atoms with Crippen molar-refractivity contribution in [2.75, 3.05) is 20.3 Å². The van der Waals surface area contributed by atoms with Gasteiger partial charge in [-0.3, -0.25) is 0 Å². The molecule has 106 heavy (non-hydrogen) atoms. The van der Waals surface area contributed by atoms with Gasteiger partial charge in [-0.1, -0.05) is 260 Å². The summed E-state index contributed by atoms with van der Waals surface area (Å²) in [6.45, 7) is -0.994. The van der Waals surface area contributed by atoms with Gasteiger partial charge >= 0.3 is 35.8 Å². The highest BCUT2D eigenvalue weighted by molar-refractivity contribution is 5.94. The number of ether oxygens (including phenoxy) is 7. The molecule has 2 N–H and O–H groups in total. The third-order valence-electron chi connectivity index (χ3n) is 17.4. The lowest BCUT2D eigenvalue weighted by Gasteiger charge is -2.28. The first-order valence-corrected chi connectivity index (χ1v) is 34.0. The van der Waals surface area contributed by atoms with Crippen LogP contribution in [0.15, 0.2) is 333 Å². The Morgan fingerprint density at radius 1 is 0.349 bits per heavy atom. The third-order valence-corrected chi connectivity index (χ3v) is 17.4. The van der Waals surface area contributed by atoms with E-state index in [0.717, 1.165) is 73.0 Å². The Bertz CT molecular complexity index is 4900. The molecule has 1 fully saturated rings. The van der Waals surface area contributed by atoms with Crippen molar-refractivity contribution < 1.29 is 77.0 Å². The molecule has 12 aromatic rings. The number of esters is 6. The highest BCUT2D eigenvalue weighted by Crippen LogP contribution is 2.31. The maximum atomic E-state index is 13.6. The maximum absolute atomic E-state index is 13.6. The molecule has 17 nitrogen and oxygen atoms in total. The number of aliphatic hydroxyl groups excluding tert-OH is 2. The lowest BCUT2D eigenvalue weighted by molar-refractivity contribution is -0.135. The van der Waals surface area contributed by atoms with Crippen LogP contribution in [0.1, 0.15) is 62.1 Å². The molecule has 528 valence electrons. The fourth-order valence-electron chi connectivity index (χ4n) is 11.7. The van der Waals surface area contributed by atoms with Crippen LogP contribution in [-0.4, -0.2) is 115 Å². The number of carbonyl (C=O) groups excluding carboxylic acids is 6. The summed E-state index contributed by atoms with van der Waals surface area (Å²) in [6, 6.07) is 99.0. The van der Waals surface area contributed by atoms with E-state index in [1.807, 2.05) is 194 Å². The molecule has 0 aromatic heterocycles. The quantitative estimate of drug-likeness (QED) is 0.0248. The van der Waals surface area contributed by atoms with Crippen LogP contribution < -0.4 is 0 Å². The number of aliphatic hydroxyl groups is 2. The first-order chi connectivity index (χ1) is 51.8. The molecule has 12 aromatic carbocycles. The number of hydrogen-bond donors (Lipinski definition) is 2. The second kappa shape index (κ2) is 35.6. The second-order valence-corrected chi connectivity index (χ2v) is 24.4. The number of rotatable bonds is 24. The van der Waals surface area contributed by atoms with E-state index in [4.69, 9.17) is 38.0 Å². The predicted octanol–water partition coefficient (Wildman–Crippen LogP) is 16.3. The Labute approximate surface area is 612 Å². The average Bonchev–Trinajstić information content (AvgIpc) is 1.64. The van der Waals surface area contributed by atoms with E-state index in [-0.39, 0.29) is 34.4 Å². The van der Waals surface area contributed by atoms with E-state index in [0.29, 0.717) is 5.56 Å². The minimum atomic E-state index is -1.67. The monoisotopic (exact) mass is 1410 g/mol. The van der Waals surface area contributed by atoms with E-state index < -0.39 is 85.3 Å². The number of nitrogens with zero attached hydrogens (tertiary/aromatic N) is 1. The predicted molar refractivity (Wildman–Crippen MR) is 401 cm³/mol. The molecular formula is C89H71NO16. The third kappa shape index (κ3) is 18.9. The molecule has 0 radical (unpaired) electrons.